The van der Waals surface area contributed by atoms with E-state index in [1.54, 1.807) is 17.0 Å². The highest BCUT2D eigenvalue weighted by molar-refractivity contribution is 5.85. The van der Waals surface area contributed by atoms with E-state index in [0.29, 0.717) is 18.7 Å². The van der Waals surface area contributed by atoms with Gasteiger partial charge in [-0.2, -0.15) is 0 Å². The van der Waals surface area contributed by atoms with Crippen LogP contribution in [0, 0.1) is 19.7 Å². The maximum atomic E-state index is 12.9. The van der Waals surface area contributed by atoms with Crippen molar-refractivity contribution in [2.24, 2.45) is 0 Å². The van der Waals surface area contributed by atoms with Crippen LogP contribution >= 0.6 is 0 Å². The number of nitrogens with one attached hydrogen (secondary N) is 1. The van der Waals surface area contributed by atoms with Crippen LogP contribution in [0.3, 0.4) is 0 Å². The molecule has 0 radical (unpaired) electrons. The van der Waals surface area contributed by atoms with E-state index in [0.717, 1.165) is 13.1 Å². The Kier molecular flexibility index (Phi) is 6.29. The van der Waals surface area contributed by atoms with E-state index in [1.807, 2.05) is 0 Å². The summed E-state index contributed by atoms with van der Waals surface area (Å²) >= 11 is 0. The predicted molar refractivity (Wildman–Crippen MR) is 108 cm³/mol. The highest BCUT2D eigenvalue weighted by Crippen LogP contribution is 2.23. The lowest BCUT2D eigenvalue weighted by atomic mass is 10.1. The van der Waals surface area contributed by atoms with Crippen LogP contribution in [0.2, 0.25) is 0 Å². The number of hydrogen-bond acceptors (Lipinski definition) is 3. The molecule has 0 aliphatic carbocycles. The van der Waals surface area contributed by atoms with E-state index in [2.05, 4.69) is 42.3 Å². The van der Waals surface area contributed by atoms with Gasteiger partial charge in [-0.15, -0.1) is 0 Å². The van der Waals surface area contributed by atoms with Crippen LogP contribution in [0.5, 0.6) is 0 Å². The number of carbonyl (C=O) groups excluding carboxylic acids is 2. The van der Waals surface area contributed by atoms with Crippen LogP contribution in [-0.4, -0.2) is 49.4 Å². The fraction of sp³-hybridized carbons (Fsp3) is 0.364. The third-order valence-corrected chi connectivity index (χ3v) is 5.26. The molecular formula is C22H26FN3O2. The zero-order chi connectivity index (χ0) is 20.1. The number of rotatable bonds is 5. The second kappa shape index (κ2) is 8.87. The van der Waals surface area contributed by atoms with Gasteiger partial charge in [0.05, 0.1) is 13.0 Å². The number of piperazine rings is 1. The summed E-state index contributed by atoms with van der Waals surface area (Å²) in [4.78, 5) is 28.5. The summed E-state index contributed by atoms with van der Waals surface area (Å²) in [6.45, 7) is 7.05. The van der Waals surface area contributed by atoms with Gasteiger partial charge in [0.2, 0.25) is 11.8 Å². The van der Waals surface area contributed by atoms with Crippen molar-refractivity contribution in [3.63, 3.8) is 0 Å². The molecule has 0 spiro atoms. The molecule has 1 N–H and O–H groups in total. The van der Waals surface area contributed by atoms with Crippen molar-refractivity contribution in [2.45, 2.75) is 20.3 Å². The molecule has 2 aromatic rings. The van der Waals surface area contributed by atoms with Crippen LogP contribution in [0.1, 0.15) is 16.7 Å². The van der Waals surface area contributed by atoms with Crippen molar-refractivity contribution in [1.82, 2.24) is 10.2 Å². The maximum Gasteiger partial charge on any atom is 0.242 e. The molecule has 0 bridgehead atoms. The summed E-state index contributed by atoms with van der Waals surface area (Å²) in [5.74, 6) is -0.651. The van der Waals surface area contributed by atoms with Gasteiger partial charge in [0, 0.05) is 31.9 Å². The van der Waals surface area contributed by atoms with Gasteiger partial charge >= 0.3 is 0 Å². The second-order valence-corrected chi connectivity index (χ2v) is 7.17. The monoisotopic (exact) mass is 383 g/mol. The molecular weight excluding hydrogens is 357 g/mol. The summed E-state index contributed by atoms with van der Waals surface area (Å²) in [5, 5.41) is 2.66. The first-order valence-electron chi connectivity index (χ1n) is 9.54. The molecule has 148 valence electrons. The molecule has 0 atom stereocenters. The standard InChI is InChI=1S/C22H26FN3O2/c1-16-4-3-5-20(17(16)2)25-10-12-26(13-11-25)22(28)15-24-21(27)14-18-6-8-19(23)9-7-18/h3-9H,10-15H2,1-2H3,(H,24,27). The second-order valence-electron chi connectivity index (χ2n) is 7.17. The highest BCUT2D eigenvalue weighted by atomic mass is 19.1. The smallest absolute Gasteiger partial charge is 0.242 e. The van der Waals surface area contributed by atoms with Gasteiger partial charge in [-0.1, -0.05) is 24.3 Å². The number of carbonyl (C=O) groups is 2. The molecule has 2 amide bonds. The minimum absolute atomic E-state index is 0.0104. The van der Waals surface area contributed by atoms with E-state index in [9.17, 15) is 14.0 Å². The molecule has 0 unspecified atom stereocenters. The number of benzene rings is 2. The largest absolute Gasteiger partial charge is 0.368 e. The molecule has 0 aromatic heterocycles. The number of aryl methyl sites for hydroxylation is 1. The van der Waals surface area contributed by atoms with Gasteiger partial charge in [0.15, 0.2) is 0 Å². The lowest BCUT2D eigenvalue weighted by Crippen LogP contribution is -2.51. The summed E-state index contributed by atoms with van der Waals surface area (Å²) in [5.41, 5.74) is 4.48. The fourth-order valence-corrected chi connectivity index (χ4v) is 3.41. The average Bonchev–Trinajstić information content (AvgIpc) is 2.70. The number of halogens is 1. The van der Waals surface area contributed by atoms with Gasteiger partial charge in [0.1, 0.15) is 5.82 Å². The molecule has 28 heavy (non-hydrogen) atoms. The summed E-state index contributed by atoms with van der Waals surface area (Å²) in [6, 6.07) is 12.1. The van der Waals surface area contributed by atoms with E-state index >= 15 is 0 Å². The summed E-state index contributed by atoms with van der Waals surface area (Å²) in [7, 11) is 0. The summed E-state index contributed by atoms with van der Waals surface area (Å²) in [6.07, 6.45) is 0.133. The first-order valence-corrected chi connectivity index (χ1v) is 9.54. The van der Waals surface area contributed by atoms with Crippen molar-refractivity contribution in [2.75, 3.05) is 37.6 Å². The number of amides is 2. The molecule has 6 heteroatoms. The minimum Gasteiger partial charge on any atom is -0.368 e. The van der Waals surface area contributed by atoms with Crippen LogP contribution in [0.15, 0.2) is 42.5 Å². The maximum absolute atomic E-state index is 12.9. The fourth-order valence-electron chi connectivity index (χ4n) is 3.41. The van der Waals surface area contributed by atoms with Crippen molar-refractivity contribution in [1.29, 1.82) is 0 Å². The molecule has 3 rings (SSSR count). The van der Waals surface area contributed by atoms with Crippen LogP contribution in [-0.2, 0) is 16.0 Å². The average molecular weight is 383 g/mol. The van der Waals surface area contributed by atoms with Crippen LogP contribution in [0.25, 0.3) is 0 Å². The molecule has 0 saturated carbocycles. The quantitative estimate of drug-likeness (QED) is 0.863. The SMILES string of the molecule is Cc1cccc(N2CCN(C(=O)CNC(=O)Cc3ccc(F)cc3)CC2)c1C. The van der Waals surface area contributed by atoms with Gasteiger partial charge in [-0.05, 0) is 48.7 Å². The van der Waals surface area contributed by atoms with Crippen LogP contribution in [0.4, 0.5) is 10.1 Å². The first-order chi connectivity index (χ1) is 13.4. The first kappa shape index (κ1) is 19.9. The number of anilines is 1. The lowest BCUT2D eigenvalue weighted by Gasteiger charge is -2.37. The third kappa shape index (κ3) is 4.88. The molecule has 1 fully saturated rings. The van der Waals surface area contributed by atoms with E-state index < -0.39 is 0 Å². The normalized spacial score (nSPS) is 14.1. The predicted octanol–water partition coefficient (Wildman–Crippen LogP) is 2.45. The highest BCUT2D eigenvalue weighted by Gasteiger charge is 2.22. The lowest BCUT2D eigenvalue weighted by molar-refractivity contribution is -0.133. The molecule has 1 saturated heterocycles. The van der Waals surface area contributed by atoms with Gasteiger partial charge in [-0.3, -0.25) is 9.59 Å². The number of hydrogen-bond donors (Lipinski definition) is 1. The van der Waals surface area contributed by atoms with E-state index in [-0.39, 0.29) is 30.6 Å². The Balaban J connectivity index is 1.45. The topological polar surface area (TPSA) is 52.6 Å². The zero-order valence-corrected chi connectivity index (χ0v) is 16.4. The third-order valence-electron chi connectivity index (χ3n) is 5.26. The van der Waals surface area contributed by atoms with Gasteiger partial charge in [-0.25, -0.2) is 4.39 Å². The Hall–Kier alpha value is -2.89. The van der Waals surface area contributed by atoms with Crippen molar-refractivity contribution < 1.29 is 14.0 Å². The van der Waals surface area contributed by atoms with Crippen molar-refractivity contribution in [3.8, 4) is 0 Å². The zero-order valence-electron chi connectivity index (χ0n) is 16.4. The Morgan fingerprint density at radius 3 is 2.36 bits per heavy atom. The Labute approximate surface area is 165 Å². The molecule has 1 aliphatic heterocycles. The molecule has 5 nitrogen and oxygen atoms in total. The Morgan fingerprint density at radius 2 is 1.68 bits per heavy atom. The Morgan fingerprint density at radius 1 is 1.00 bits per heavy atom. The minimum atomic E-state index is -0.334. The van der Waals surface area contributed by atoms with Crippen molar-refractivity contribution >= 4 is 17.5 Å². The molecule has 1 aliphatic rings. The Bertz CT molecular complexity index is 843. The van der Waals surface area contributed by atoms with Crippen molar-refractivity contribution in [3.05, 3.63) is 65.0 Å². The van der Waals surface area contributed by atoms with Gasteiger partial charge in [0.25, 0.3) is 0 Å². The van der Waals surface area contributed by atoms with Gasteiger partial charge < -0.3 is 15.1 Å². The summed E-state index contributed by atoms with van der Waals surface area (Å²) < 4.78 is 12.9. The molecule has 2 aromatic carbocycles. The number of nitrogens with zero attached hydrogens (tertiary/aromatic N) is 2. The molecule has 1 heterocycles. The van der Waals surface area contributed by atoms with Crippen LogP contribution < -0.4 is 10.2 Å². The van der Waals surface area contributed by atoms with E-state index in [1.165, 1.54) is 28.9 Å². The van der Waals surface area contributed by atoms with E-state index in [4.69, 9.17) is 0 Å².